The predicted molar refractivity (Wildman–Crippen MR) is 104 cm³/mol. The number of cyclic esters (lactones) is 1. The molecule has 1 aliphatic rings. The van der Waals surface area contributed by atoms with Crippen molar-refractivity contribution in [1.29, 1.82) is 0 Å². The van der Waals surface area contributed by atoms with Crippen molar-refractivity contribution in [2.24, 2.45) is 0 Å². The molecule has 156 valence electrons. The Hall–Kier alpha value is -2.44. The van der Waals surface area contributed by atoms with E-state index in [-0.39, 0.29) is 36.3 Å². The van der Waals surface area contributed by atoms with E-state index in [1.807, 2.05) is 13.0 Å². The van der Waals surface area contributed by atoms with E-state index in [0.717, 1.165) is 5.57 Å². The number of methoxy groups -OCH3 is 1. The molecule has 1 heterocycles. The highest BCUT2D eigenvalue weighted by atomic mass is 35.5. The monoisotopic (exact) mass is 442 g/mol. The summed E-state index contributed by atoms with van der Waals surface area (Å²) in [7, 11) is 0.959. The average molecular weight is 443 g/mol. The molecule has 0 aliphatic carbocycles. The highest BCUT2D eigenvalue weighted by Crippen LogP contribution is 2.43. The third-order valence-corrected chi connectivity index (χ3v) is 5.01. The molecule has 0 radical (unpaired) electrons. The quantitative estimate of drug-likeness (QED) is 0.181. The number of alkyl halides is 1. The molecular formula is C19H20ClO8P. The molecule has 29 heavy (non-hydrogen) atoms. The molecular weight excluding hydrogens is 423 g/mol. The number of hydrogen-bond acceptors (Lipinski definition) is 8. The first-order chi connectivity index (χ1) is 13.8. The lowest BCUT2D eigenvalue weighted by atomic mass is 9.94. The molecule has 0 amide bonds. The topological polar surface area (TPSA) is 105 Å². The molecule has 10 heteroatoms. The first-order valence-corrected chi connectivity index (χ1v) is 10.0. The summed E-state index contributed by atoms with van der Waals surface area (Å²) >= 11 is 5.41. The van der Waals surface area contributed by atoms with Gasteiger partial charge in [-0.2, -0.15) is 0 Å². The summed E-state index contributed by atoms with van der Waals surface area (Å²) in [6.45, 7) is 3.65. The van der Waals surface area contributed by atoms with Crippen LogP contribution in [0.5, 0.6) is 11.5 Å². The number of benzene rings is 1. The van der Waals surface area contributed by atoms with Gasteiger partial charge in [0.05, 0.1) is 7.11 Å². The Morgan fingerprint density at radius 2 is 2.00 bits per heavy atom. The van der Waals surface area contributed by atoms with Crippen LogP contribution in [0.1, 0.15) is 46.8 Å². The van der Waals surface area contributed by atoms with Crippen LogP contribution in [0.3, 0.4) is 0 Å². The zero-order chi connectivity index (χ0) is 21.6. The lowest BCUT2D eigenvalue weighted by molar-refractivity contribution is -0.111. The standard InChI is InChI=1S/C19H20ClO8P/c1-10(5-7-14(21)29-24)4-6-12-16(25-3)11(2)13-8-26-18(22)15(13)17(12)28-19(23)27-9-20/h4H,5-9H2,1-3H3/b10-4+. The average Bonchev–Trinajstić information content (AvgIpc) is 3.08. The van der Waals surface area contributed by atoms with Gasteiger partial charge < -0.3 is 18.9 Å². The normalized spacial score (nSPS) is 13.1. The number of carbonyl (C=O) groups excluding carboxylic acids is 3. The zero-order valence-electron chi connectivity index (χ0n) is 16.2. The van der Waals surface area contributed by atoms with Crippen molar-refractivity contribution in [3.63, 3.8) is 0 Å². The van der Waals surface area contributed by atoms with Gasteiger partial charge >= 0.3 is 12.1 Å². The first-order valence-electron chi connectivity index (χ1n) is 8.65. The highest BCUT2D eigenvalue weighted by molar-refractivity contribution is 7.46. The van der Waals surface area contributed by atoms with E-state index >= 15 is 0 Å². The van der Waals surface area contributed by atoms with Gasteiger partial charge in [0, 0.05) is 17.5 Å². The highest BCUT2D eigenvalue weighted by Gasteiger charge is 2.34. The molecule has 0 saturated heterocycles. The number of fused-ring (bicyclic) bond motifs is 1. The summed E-state index contributed by atoms with van der Waals surface area (Å²) in [6, 6.07) is -0.407. The van der Waals surface area contributed by atoms with Gasteiger partial charge in [0.15, 0.2) is 11.8 Å². The van der Waals surface area contributed by atoms with Gasteiger partial charge in [0.1, 0.15) is 17.9 Å². The van der Waals surface area contributed by atoms with Crippen molar-refractivity contribution in [2.75, 3.05) is 13.2 Å². The van der Waals surface area contributed by atoms with Gasteiger partial charge in [-0.15, -0.1) is 0 Å². The molecule has 0 spiro atoms. The molecule has 0 atom stereocenters. The molecule has 0 bridgehead atoms. The second kappa shape index (κ2) is 10.4. The minimum atomic E-state index is -1.06. The summed E-state index contributed by atoms with van der Waals surface area (Å²) in [6.07, 6.45) is 1.58. The van der Waals surface area contributed by atoms with Crippen LogP contribution in [0.25, 0.3) is 0 Å². The number of hydrogen-bond donors (Lipinski definition) is 0. The largest absolute Gasteiger partial charge is 0.515 e. The van der Waals surface area contributed by atoms with Crippen LogP contribution in [0, 0.1) is 6.92 Å². The number of carbonyl (C=O) groups is 3. The molecule has 0 unspecified atom stereocenters. The second-order valence-corrected chi connectivity index (χ2v) is 7.14. The van der Waals surface area contributed by atoms with Crippen LogP contribution in [0.4, 0.5) is 4.79 Å². The summed E-state index contributed by atoms with van der Waals surface area (Å²) in [5.74, 6) is -0.159. The minimum absolute atomic E-state index is 0.00160. The Balaban J connectivity index is 2.48. The molecule has 0 aromatic heterocycles. The molecule has 8 nitrogen and oxygen atoms in total. The number of rotatable bonds is 9. The Labute approximate surface area is 174 Å². The fourth-order valence-corrected chi connectivity index (χ4v) is 3.30. The minimum Gasteiger partial charge on any atom is -0.496 e. The lowest BCUT2D eigenvalue weighted by Gasteiger charge is -2.18. The second-order valence-electron chi connectivity index (χ2n) is 6.24. The van der Waals surface area contributed by atoms with Crippen LogP contribution in [-0.4, -0.2) is 30.8 Å². The van der Waals surface area contributed by atoms with E-state index in [4.69, 9.17) is 25.8 Å². The van der Waals surface area contributed by atoms with Crippen LogP contribution in [0.15, 0.2) is 11.6 Å². The summed E-state index contributed by atoms with van der Waals surface area (Å²) in [5, 5.41) is 0. The summed E-state index contributed by atoms with van der Waals surface area (Å²) < 4.78 is 31.1. The molecule has 1 aliphatic heterocycles. The van der Waals surface area contributed by atoms with Gasteiger partial charge in [-0.05, 0) is 32.3 Å². The van der Waals surface area contributed by atoms with Crippen LogP contribution in [0.2, 0.25) is 0 Å². The van der Waals surface area contributed by atoms with Crippen molar-refractivity contribution >= 4 is 37.7 Å². The van der Waals surface area contributed by atoms with Crippen LogP contribution >= 0.6 is 20.1 Å². The molecule has 0 N–H and O–H groups in total. The maximum Gasteiger partial charge on any atom is 0.515 e. The first kappa shape index (κ1) is 22.8. The van der Waals surface area contributed by atoms with Gasteiger partial charge in [-0.3, -0.25) is 9.36 Å². The molecule has 0 fully saturated rings. The third kappa shape index (κ3) is 5.34. The van der Waals surface area contributed by atoms with Crippen LogP contribution in [-0.2, 0) is 31.9 Å². The number of halogens is 1. The smallest absolute Gasteiger partial charge is 0.496 e. The van der Waals surface area contributed by atoms with Crippen molar-refractivity contribution in [2.45, 2.75) is 39.7 Å². The molecule has 0 saturated carbocycles. The van der Waals surface area contributed by atoms with Crippen molar-refractivity contribution in [3.05, 3.63) is 33.9 Å². The Morgan fingerprint density at radius 3 is 2.62 bits per heavy atom. The van der Waals surface area contributed by atoms with E-state index in [9.17, 15) is 18.9 Å². The molecule has 1 aromatic carbocycles. The fourth-order valence-electron chi connectivity index (χ4n) is 3.01. The van der Waals surface area contributed by atoms with E-state index in [0.29, 0.717) is 28.9 Å². The Bertz CT molecular complexity index is 878. The van der Waals surface area contributed by atoms with Crippen LogP contribution < -0.4 is 9.47 Å². The van der Waals surface area contributed by atoms with E-state index < -0.39 is 26.7 Å². The summed E-state index contributed by atoms with van der Waals surface area (Å²) in [4.78, 5) is 35.4. The lowest BCUT2D eigenvalue weighted by Crippen LogP contribution is -2.15. The summed E-state index contributed by atoms with van der Waals surface area (Å²) in [5.41, 5.74) is 2.36. The number of ether oxygens (including phenoxy) is 4. The van der Waals surface area contributed by atoms with Gasteiger partial charge in [-0.1, -0.05) is 23.3 Å². The zero-order valence-corrected chi connectivity index (χ0v) is 17.9. The maximum atomic E-state index is 12.3. The van der Waals surface area contributed by atoms with Gasteiger partial charge in [-0.25, -0.2) is 9.59 Å². The van der Waals surface area contributed by atoms with E-state index in [1.54, 1.807) is 6.92 Å². The third-order valence-electron chi connectivity index (χ3n) is 4.47. The predicted octanol–water partition coefficient (Wildman–Crippen LogP) is 4.47. The SMILES string of the molecule is COc1c(C)c2c(c(OC(=O)OCCl)c1C/C=C(\C)CCC(=O)P=O)C(=O)OC2. The van der Waals surface area contributed by atoms with Crippen molar-refractivity contribution in [1.82, 2.24) is 0 Å². The molecule has 2 rings (SSSR count). The van der Waals surface area contributed by atoms with Crippen molar-refractivity contribution in [3.8, 4) is 11.5 Å². The maximum absolute atomic E-state index is 12.3. The Morgan fingerprint density at radius 1 is 1.28 bits per heavy atom. The van der Waals surface area contributed by atoms with Gasteiger partial charge in [0.2, 0.25) is 14.0 Å². The molecule has 1 aromatic rings. The number of allylic oxidation sites excluding steroid dienone is 2. The van der Waals surface area contributed by atoms with E-state index in [1.165, 1.54) is 7.11 Å². The Kier molecular flexibility index (Phi) is 8.17. The van der Waals surface area contributed by atoms with Gasteiger partial charge in [0.25, 0.3) is 0 Å². The fraction of sp³-hybridized carbons (Fsp3) is 0.421. The van der Waals surface area contributed by atoms with Crippen molar-refractivity contribution < 1.29 is 37.9 Å². The number of esters is 1. The van der Waals surface area contributed by atoms with E-state index in [2.05, 4.69) is 4.74 Å².